The van der Waals surface area contributed by atoms with Gasteiger partial charge in [0.15, 0.2) is 46.0 Å². The van der Waals surface area contributed by atoms with Gasteiger partial charge in [0.05, 0.1) is 78.3 Å². The Hall–Kier alpha value is -4.96. The lowest BCUT2D eigenvalue weighted by atomic mass is 9.79. The molecule has 0 bridgehead atoms. The van der Waals surface area contributed by atoms with Gasteiger partial charge in [-0.2, -0.15) is 0 Å². The summed E-state index contributed by atoms with van der Waals surface area (Å²) >= 11 is 0. The van der Waals surface area contributed by atoms with E-state index in [2.05, 4.69) is 0 Å². The molecule has 0 aromatic heterocycles. The van der Waals surface area contributed by atoms with Crippen LogP contribution >= 0.6 is 0 Å². The Morgan fingerprint density at radius 2 is 0.926 bits per heavy atom. The van der Waals surface area contributed by atoms with E-state index in [0.717, 1.165) is 0 Å². The van der Waals surface area contributed by atoms with Gasteiger partial charge in [-0.3, -0.25) is 0 Å². The Morgan fingerprint density at radius 1 is 0.556 bits per heavy atom. The second kappa shape index (κ2) is 15.4. The third-order valence-corrected chi connectivity index (χ3v) is 10.6. The molecule has 0 aliphatic carbocycles. The fraction of sp³-hybridized carbons (Fsp3) is 0.400. The first-order valence-corrected chi connectivity index (χ1v) is 17.3. The number of rotatable bonds is 13. The highest BCUT2D eigenvalue weighted by Gasteiger charge is 2.50. The van der Waals surface area contributed by atoms with Crippen LogP contribution in [0, 0.1) is 11.8 Å². The minimum atomic E-state index is -1.54. The first-order chi connectivity index (χ1) is 25.8. The van der Waals surface area contributed by atoms with E-state index in [9.17, 15) is 40.9 Å². The van der Waals surface area contributed by atoms with E-state index in [1.54, 1.807) is 36.4 Å². The molecule has 2 aliphatic heterocycles. The number of ether oxygens (including phenoxy) is 6. The van der Waals surface area contributed by atoms with Crippen molar-refractivity contribution in [2.45, 2.75) is 36.3 Å². The summed E-state index contributed by atoms with van der Waals surface area (Å²) in [7, 11) is 5.55. The highest BCUT2D eigenvalue weighted by atomic mass is 16.5. The normalized spacial score (nSPS) is 25.1. The summed E-state index contributed by atoms with van der Waals surface area (Å²) in [6, 6.07) is 15.6. The highest BCUT2D eigenvalue weighted by Crippen LogP contribution is 2.52. The van der Waals surface area contributed by atoms with Crippen LogP contribution in [0.2, 0.25) is 0 Å². The SMILES string of the molecule is COc1cc(C[C@@]2(O)CO[C@H](c3cc(OC)c(O)c(-c4cc([C@H]5OC[C@](O)(Cc6ccc(O)c(OC)c6)[C@@H]5CO)cc(OC)c4O)c3)[C@H]2CO)ccc1O. The maximum atomic E-state index is 11.8. The van der Waals surface area contributed by atoms with E-state index in [4.69, 9.17) is 28.4 Å². The Balaban J connectivity index is 1.36. The van der Waals surface area contributed by atoms with Gasteiger partial charge in [-0.25, -0.2) is 0 Å². The monoisotopic (exact) mass is 750 g/mol. The lowest BCUT2D eigenvalue weighted by molar-refractivity contribution is -0.0155. The lowest BCUT2D eigenvalue weighted by Gasteiger charge is -2.30. The number of phenolic OH excluding ortho intramolecular Hbond substituents is 4. The molecular formula is C40H46O14. The van der Waals surface area contributed by atoms with E-state index < -0.39 is 48.5 Å². The number of methoxy groups -OCH3 is 4. The zero-order valence-corrected chi connectivity index (χ0v) is 30.4. The Morgan fingerprint density at radius 3 is 1.26 bits per heavy atom. The molecule has 54 heavy (non-hydrogen) atoms. The summed E-state index contributed by atoms with van der Waals surface area (Å²) in [6.07, 6.45) is -1.64. The molecule has 4 aromatic rings. The van der Waals surface area contributed by atoms with Crippen molar-refractivity contribution in [3.05, 3.63) is 82.9 Å². The summed E-state index contributed by atoms with van der Waals surface area (Å²) in [5, 5.41) is 87.9. The zero-order chi connectivity index (χ0) is 38.9. The molecule has 0 saturated carbocycles. The Labute approximate surface area is 311 Å². The number of aromatic hydroxyl groups is 4. The van der Waals surface area contributed by atoms with Crippen molar-refractivity contribution in [3.63, 3.8) is 0 Å². The van der Waals surface area contributed by atoms with Gasteiger partial charge in [0.1, 0.15) is 0 Å². The molecule has 14 heteroatoms. The van der Waals surface area contributed by atoms with E-state index in [1.807, 2.05) is 0 Å². The van der Waals surface area contributed by atoms with E-state index in [0.29, 0.717) is 22.3 Å². The maximum absolute atomic E-state index is 11.8. The first-order valence-electron chi connectivity index (χ1n) is 17.3. The molecule has 8 N–H and O–H groups in total. The molecule has 6 atom stereocenters. The molecule has 2 saturated heterocycles. The topological polar surface area (TPSA) is 217 Å². The summed E-state index contributed by atoms with van der Waals surface area (Å²) in [4.78, 5) is 0. The van der Waals surface area contributed by atoms with Crippen LogP contribution in [0.3, 0.4) is 0 Å². The van der Waals surface area contributed by atoms with Gasteiger partial charge < -0.3 is 69.3 Å². The fourth-order valence-electron chi connectivity index (χ4n) is 7.71. The van der Waals surface area contributed by atoms with Crippen LogP contribution in [0.1, 0.15) is 34.5 Å². The Kier molecular flexibility index (Phi) is 11.1. The predicted molar refractivity (Wildman–Crippen MR) is 193 cm³/mol. The molecule has 14 nitrogen and oxygen atoms in total. The van der Waals surface area contributed by atoms with E-state index in [-0.39, 0.29) is 83.2 Å². The van der Waals surface area contributed by atoms with Crippen LogP contribution in [-0.2, 0) is 22.3 Å². The second-order valence-corrected chi connectivity index (χ2v) is 13.9. The van der Waals surface area contributed by atoms with Gasteiger partial charge in [-0.05, 0) is 70.8 Å². The van der Waals surface area contributed by atoms with Crippen molar-refractivity contribution in [1.29, 1.82) is 0 Å². The van der Waals surface area contributed by atoms with Crippen LogP contribution in [0.5, 0.6) is 46.0 Å². The molecule has 0 amide bonds. The van der Waals surface area contributed by atoms with Crippen LogP contribution in [0.4, 0.5) is 0 Å². The van der Waals surface area contributed by atoms with Gasteiger partial charge in [0.2, 0.25) is 0 Å². The van der Waals surface area contributed by atoms with Gasteiger partial charge in [-0.15, -0.1) is 0 Å². The summed E-state index contributed by atoms with van der Waals surface area (Å²) < 4.78 is 33.8. The number of benzene rings is 4. The molecule has 2 heterocycles. The summed E-state index contributed by atoms with van der Waals surface area (Å²) in [5.41, 5.74) is -0.762. The quantitative estimate of drug-likeness (QED) is 0.0982. The smallest absolute Gasteiger partial charge is 0.165 e. The standard InChI is InChI=1S/C40H46O14/c1-49-31-9-21(5-7-29(31)43)15-39(47)19-53-37(27(39)17-41)23-11-25(35(45)33(13-23)51-3)26-12-24(14-34(52-4)36(26)46)38-28(18-42)40(48,20-54-38)16-22-6-8-30(44)32(10-22)50-2/h5-14,27-28,37-38,41-48H,15-20H2,1-4H3/t27-,28-,37-,38-,39-,40-/m1/s1. The average molecular weight is 751 g/mol. The van der Waals surface area contributed by atoms with Crippen LogP contribution in [-0.4, -0.2) is 107 Å². The molecule has 4 aromatic carbocycles. The minimum Gasteiger partial charge on any atom is -0.504 e. The molecule has 290 valence electrons. The van der Waals surface area contributed by atoms with Crippen LogP contribution in [0.25, 0.3) is 11.1 Å². The molecule has 0 unspecified atom stereocenters. The van der Waals surface area contributed by atoms with Gasteiger partial charge in [-0.1, -0.05) is 12.1 Å². The van der Waals surface area contributed by atoms with Crippen molar-refractivity contribution in [3.8, 4) is 57.1 Å². The minimum absolute atomic E-state index is 0.0225. The number of hydrogen-bond acceptors (Lipinski definition) is 14. The summed E-state index contributed by atoms with van der Waals surface area (Å²) in [6.45, 7) is -1.24. The van der Waals surface area contributed by atoms with E-state index >= 15 is 0 Å². The van der Waals surface area contributed by atoms with Crippen molar-refractivity contribution in [2.24, 2.45) is 11.8 Å². The van der Waals surface area contributed by atoms with Crippen LogP contribution in [0.15, 0.2) is 60.7 Å². The average Bonchev–Trinajstić information content (AvgIpc) is 3.68. The first kappa shape index (κ1) is 38.8. The molecular weight excluding hydrogens is 704 g/mol. The third-order valence-electron chi connectivity index (χ3n) is 10.6. The molecule has 2 fully saturated rings. The number of phenols is 4. The number of aliphatic hydroxyl groups is 4. The van der Waals surface area contributed by atoms with Gasteiger partial charge in [0, 0.05) is 35.8 Å². The molecule has 2 aliphatic rings. The number of hydrogen-bond donors (Lipinski definition) is 8. The molecule has 0 radical (unpaired) electrons. The van der Waals surface area contributed by atoms with Gasteiger partial charge in [0.25, 0.3) is 0 Å². The lowest BCUT2D eigenvalue weighted by Crippen LogP contribution is -2.41. The Bertz CT molecular complexity index is 1840. The van der Waals surface area contributed by atoms with E-state index in [1.165, 1.54) is 52.7 Å². The molecule has 6 rings (SSSR count). The highest BCUT2D eigenvalue weighted by molar-refractivity contribution is 5.81. The van der Waals surface area contributed by atoms with Crippen LogP contribution < -0.4 is 18.9 Å². The maximum Gasteiger partial charge on any atom is 0.165 e. The third kappa shape index (κ3) is 7.04. The van der Waals surface area contributed by atoms with Crippen molar-refractivity contribution in [1.82, 2.24) is 0 Å². The van der Waals surface area contributed by atoms with Gasteiger partial charge >= 0.3 is 0 Å². The predicted octanol–water partition coefficient (Wildman–Crippen LogP) is 3.52. The van der Waals surface area contributed by atoms with Crippen molar-refractivity contribution < 1.29 is 69.3 Å². The van der Waals surface area contributed by atoms with Crippen molar-refractivity contribution >= 4 is 0 Å². The fourth-order valence-corrected chi connectivity index (χ4v) is 7.71. The largest absolute Gasteiger partial charge is 0.504 e. The van der Waals surface area contributed by atoms with Crippen molar-refractivity contribution in [2.75, 3.05) is 54.9 Å². The second-order valence-electron chi connectivity index (χ2n) is 13.9. The molecule has 0 spiro atoms. The number of aliphatic hydroxyl groups excluding tert-OH is 2. The summed E-state index contributed by atoms with van der Waals surface area (Å²) in [5.74, 6) is -1.97. The zero-order valence-electron chi connectivity index (χ0n) is 30.4.